The van der Waals surface area contributed by atoms with Gasteiger partial charge in [0.15, 0.2) is 9.84 Å². The van der Waals surface area contributed by atoms with E-state index in [1.165, 1.54) is 6.07 Å². The molecule has 2 atom stereocenters. The zero-order valence-corrected chi connectivity index (χ0v) is 10.9. The van der Waals surface area contributed by atoms with Gasteiger partial charge in [-0.2, -0.15) is 5.26 Å². The van der Waals surface area contributed by atoms with Crippen LogP contribution in [0.5, 0.6) is 0 Å². The van der Waals surface area contributed by atoms with E-state index in [0.717, 1.165) is 0 Å². The Hall–Kier alpha value is -1.29. The lowest BCUT2D eigenvalue weighted by molar-refractivity contribution is 0.190. The highest BCUT2D eigenvalue weighted by Gasteiger charge is 2.36. The van der Waals surface area contributed by atoms with Gasteiger partial charge in [-0.3, -0.25) is 0 Å². The second kappa shape index (κ2) is 4.76. The number of aliphatic hydroxyl groups is 1. The Balaban J connectivity index is 2.16. The number of sulfone groups is 1. The van der Waals surface area contributed by atoms with E-state index in [1.807, 2.05) is 6.07 Å². The van der Waals surface area contributed by atoms with Crippen molar-refractivity contribution in [2.24, 2.45) is 0 Å². The third kappa shape index (κ3) is 2.75. The molecule has 1 aliphatic heterocycles. The van der Waals surface area contributed by atoms with Crippen molar-refractivity contribution in [3.8, 4) is 6.07 Å². The summed E-state index contributed by atoms with van der Waals surface area (Å²) in [5, 5.41) is 21.6. The van der Waals surface area contributed by atoms with Crippen LogP contribution in [0.4, 0.5) is 5.69 Å². The van der Waals surface area contributed by atoms with Gasteiger partial charge < -0.3 is 10.4 Å². The van der Waals surface area contributed by atoms with Crippen LogP contribution in [0.1, 0.15) is 5.56 Å². The van der Waals surface area contributed by atoms with E-state index in [1.54, 1.807) is 12.1 Å². The van der Waals surface area contributed by atoms with Crippen LogP contribution in [0.3, 0.4) is 0 Å². The second-order valence-corrected chi connectivity index (χ2v) is 6.76. The van der Waals surface area contributed by atoms with Crippen LogP contribution in [-0.4, -0.2) is 37.2 Å². The van der Waals surface area contributed by atoms with Crippen molar-refractivity contribution >= 4 is 27.1 Å². The van der Waals surface area contributed by atoms with E-state index in [4.69, 9.17) is 16.9 Å². The average Bonchev–Trinajstić information content (AvgIpc) is 2.52. The van der Waals surface area contributed by atoms with Crippen molar-refractivity contribution in [1.29, 1.82) is 5.26 Å². The molecule has 0 bridgehead atoms. The molecule has 7 heteroatoms. The first-order valence-electron chi connectivity index (χ1n) is 5.26. The predicted molar refractivity (Wildman–Crippen MR) is 68.2 cm³/mol. The number of nitriles is 1. The third-order valence-electron chi connectivity index (χ3n) is 2.76. The SMILES string of the molecule is N#Cc1ccc(NC2CS(=O)(=O)CC2O)cc1Cl. The van der Waals surface area contributed by atoms with E-state index in [2.05, 4.69) is 5.32 Å². The molecule has 0 saturated carbocycles. The van der Waals surface area contributed by atoms with Gasteiger partial charge >= 0.3 is 0 Å². The maximum atomic E-state index is 11.3. The summed E-state index contributed by atoms with van der Waals surface area (Å²) in [7, 11) is -3.19. The van der Waals surface area contributed by atoms with Gasteiger partial charge in [0.1, 0.15) is 6.07 Å². The summed E-state index contributed by atoms with van der Waals surface area (Å²) >= 11 is 5.86. The summed E-state index contributed by atoms with van der Waals surface area (Å²) < 4.78 is 22.7. The van der Waals surface area contributed by atoms with Crippen molar-refractivity contribution in [3.05, 3.63) is 28.8 Å². The van der Waals surface area contributed by atoms with E-state index >= 15 is 0 Å². The van der Waals surface area contributed by atoms with E-state index in [9.17, 15) is 13.5 Å². The number of halogens is 1. The fourth-order valence-electron chi connectivity index (χ4n) is 1.88. The maximum Gasteiger partial charge on any atom is 0.155 e. The number of rotatable bonds is 2. The molecule has 1 aromatic carbocycles. The lowest BCUT2D eigenvalue weighted by Crippen LogP contribution is -2.31. The molecule has 2 rings (SSSR count). The van der Waals surface area contributed by atoms with Crippen molar-refractivity contribution in [2.75, 3.05) is 16.8 Å². The lowest BCUT2D eigenvalue weighted by Gasteiger charge is -2.16. The van der Waals surface area contributed by atoms with Gasteiger partial charge in [-0.05, 0) is 18.2 Å². The second-order valence-electron chi connectivity index (χ2n) is 4.20. The number of nitrogens with zero attached hydrogens (tertiary/aromatic N) is 1. The first-order valence-corrected chi connectivity index (χ1v) is 7.46. The minimum atomic E-state index is -3.19. The Kier molecular flexibility index (Phi) is 3.48. The van der Waals surface area contributed by atoms with Gasteiger partial charge in [-0.15, -0.1) is 0 Å². The Morgan fingerprint density at radius 3 is 2.67 bits per heavy atom. The number of aliphatic hydroxyl groups excluding tert-OH is 1. The largest absolute Gasteiger partial charge is 0.390 e. The molecule has 96 valence electrons. The molecule has 2 unspecified atom stereocenters. The fourth-order valence-corrected chi connectivity index (χ4v) is 3.84. The lowest BCUT2D eigenvalue weighted by atomic mass is 10.1. The Bertz CT molecular complexity index is 609. The highest BCUT2D eigenvalue weighted by Crippen LogP contribution is 2.23. The number of hydrogen-bond donors (Lipinski definition) is 2. The van der Waals surface area contributed by atoms with Crippen LogP contribution < -0.4 is 5.32 Å². The quantitative estimate of drug-likeness (QED) is 0.838. The minimum Gasteiger partial charge on any atom is -0.390 e. The third-order valence-corrected chi connectivity index (χ3v) is 4.79. The number of benzene rings is 1. The van der Waals surface area contributed by atoms with Gasteiger partial charge in [-0.1, -0.05) is 11.6 Å². The van der Waals surface area contributed by atoms with Crippen LogP contribution in [0.25, 0.3) is 0 Å². The summed E-state index contributed by atoms with van der Waals surface area (Å²) in [5.41, 5.74) is 0.932. The molecule has 0 aliphatic carbocycles. The molecular formula is C11H11ClN2O3S. The number of anilines is 1. The zero-order valence-electron chi connectivity index (χ0n) is 9.30. The molecule has 0 amide bonds. The Labute approximate surface area is 110 Å². The molecular weight excluding hydrogens is 276 g/mol. The van der Waals surface area contributed by atoms with E-state index in [-0.39, 0.29) is 16.5 Å². The Morgan fingerprint density at radius 2 is 2.17 bits per heavy atom. The monoisotopic (exact) mass is 286 g/mol. The summed E-state index contributed by atoms with van der Waals surface area (Å²) in [4.78, 5) is 0. The zero-order chi connectivity index (χ0) is 13.3. The van der Waals surface area contributed by atoms with Crippen LogP contribution in [-0.2, 0) is 9.84 Å². The van der Waals surface area contributed by atoms with E-state index in [0.29, 0.717) is 11.3 Å². The summed E-state index contributed by atoms with van der Waals surface area (Å²) in [6, 6.07) is 6.10. The van der Waals surface area contributed by atoms with E-state index < -0.39 is 22.0 Å². The van der Waals surface area contributed by atoms with Crippen molar-refractivity contribution in [2.45, 2.75) is 12.1 Å². The van der Waals surface area contributed by atoms with Crippen LogP contribution in [0.2, 0.25) is 5.02 Å². The molecule has 1 aliphatic rings. The highest BCUT2D eigenvalue weighted by molar-refractivity contribution is 7.91. The standard InChI is InChI=1S/C11H11ClN2O3S/c12-9-3-8(2-1-7(9)4-13)14-10-5-18(16,17)6-11(10)15/h1-3,10-11,14-15H,5-6H2. The predicted octanol–water partition coefficient (Wildman–Crippen LogP) is 0.781. The highest BCUT2D eigenvalue weighted by atomic mass is 35.5. The molecule has 1 heterocycles. The average molecular weight is 287 g/mol. The number of nitrogens with one attached hydrogen (secondary N) is 1. The van der Waals surface area contributed by atoms with Crippen LogP contribution >= 0.6 is 11.6 Å². The first kappa shape index (κ1) is 13.1. The van der Waals surface area contributed by atoms with Crippen LogP contribution in [0.15, 0.2) is 18.2 Å². The topological polar surface area (TPSA) is 90.2 Å². The fraction of sp³-hybridized carbons (Fsp3) is 0.364. The smallest absolute Gasteiger partial charge is 0.155 e. The summed E-state index contributed by atoms with van der Waals surface area (Å²) in [6.07, 6.45) is -0.926. The van der Waals surface area contributed by atoms with Crippen molar-refractivity contribution in [1.82, 2.24) is 0 Å². The molecule has 2 N–H and O–H groups in total. The van der Waals surface area contributed by atoms with Crippen molar-refractivity contribution < 1.29 is 13.5 Å². The molecule has 0 spiro atoms. The Morgan fingerprint density at radius 1 is 1.44 bits per heavy atom. The first-order chi connectivity index (χ1) is 8.41. The van der Waals surface area contributed by atoms with Gasteiger partial charge in [0.25, 0.3) is 0 Å². The number of hydrogen-bond acceptors (Lipinski definition) is 5. The van der Waals surface area contributed by atoms with Gasteiger partial charge in [0, 0.05) is 5.69 Å². The molecule has 1 aromatic rings. The molecule has 5 nitrogen and oxygen atoms in total. The molecule has 0 aromatic heterocycles. The summed E-state index contributed by atoms with van der Waals surface area (Å²) in [6.45, 7) is 0. The molecule has 1 saturated heterocycles. The maximum absolute atomic E-state index is 11.3. The minimum absolute atomic E-state index is 0.105. The molecule has 1 fully saturated rings. The van der Waals surface area contributed by atoms with Gasteiger partial charge in [0.2, 0.25) is 0 Å². The van der Waals surface area contributed by atoms with Gasteiger partial charge in [0.05, 0.1) is 34.2 Å². The molecule has 0 radical (unpaired) electrons. The normalized spacial score (nSPS) is 25.6. The van der Waals surface area contributed by atoms with Gasteiger partial charge in [-0.25, -0.2) is 8.42 Å². The molecule has 18 heavy (non-hydrogen) atoms. The van der Waals surface area contributed by atoms with Crippen molar-refractivity contribution in [3.63, 3.8) is 0 Å². The van der Waals surface area contributed by atoms with Crippen LogP contribution in [0, 0.1) is 11.3 Å². The summed E-state index contributed by atoms with van der Waals surface area (Å²) in [5.74, 6) is -0.333.